The summed E-state index contributed by atoms with van der Waals surface area (Å²) in [6.07, 6.45) is 0. The Morgan fingerprint density at radius 2 is 1.95 bits per heavy atom. The molecule has 0 fully saturated rings. The second-order valence-corrected chi connectivity index (χ2v) is 6.19. The van der Waals surface area contributed by atoms with Crippen LogP contribution < -0.4 is 4.74 Å². The highest BCUT2D eigenvalue weighted by atomic mass is 79.9. The lowest BCUT2D eigenvalue weighted by Gasteiger charge is -2.14. The van der Waals surface area contributed by atoms with Crippen molar-refractivity contribution in [2.45, 2.75) is 19.2 Å². The van der Waals surface area contributed by atoms with Gasteiger partial charge in [0.1, 0.15) is 5.75 Å². The van der Waals surface area contributed by atoms with Gasteiger partial charge < -0.3 is 4.74 Å². The molecule has 1 atom stereocenters. The third-order valence-corrected chi connectivity index (χ3v) is 4.63. The number of rotatable bonds is 4. The van der Waals surface area contributed by atoms with Gasteiger partial charge in [-0.1, -0.05) is 45.7 Å². The van der Waals surface area contributed by atoms with Gasteiger partial charge in [-0.3, -0.25) is 0 Å². The molecule has 0 aromatic heterocycles. The average molecular weight is 374 g/mol. The number of ether oxygens (including phenoxy) is 1. The number of halogens is 3. The highest BCUT2D eigenvalue weighted by Crippen LogP contribution is 2.36. The third-order valence-electron chi connectivity index (χ3n) is 3.03. The van der Waals surface area contributed by atoms with Crippen LogP contribution in [0.2, 0.25) is 5.02 Å². The Morgan fingerprint density at radius 1 is 1.20 bits per heavy atom. The first kappa shape index (κ1) is 15.7. The van der Waals surface area contributed by atoms with Crippen LogP contribution in [0, 0.1) is 6.92 Å². The van der Waals surface area contributed by atoms with Gasteiger partial charge in [0.25, 0.3) is 0 Å². The molecule has 2 aromatic rings. The minimum absolute atomic E-state index is 0.226. The number of benzene rings is 2. The molecule has 0 N–H and O–H groups in total. The molecule has 1 nitrogen and oxygen atoms in total. The summed E-state index contributed by atoms with van der Waals surface area (Å²) in [4.78, 5) is 0. The second-order valence-electron chi connectivity index (χ2n) is 4.49. The van der Waals surface area contributed by atoms with E-state index in [0.29, 0.717) is 6.61 Å². The van der Waals surface area contributed by atoms with E-state index in [-0.39, 0.29) is 5.38 Å². The lowest BCUT2D eigenvalue weighted by Crippen LogP contribution is -1.97. The molecule has 0 heterocycles. The van der Waals surface area contributed by atoms with E-state index >= 15 is 0 Å². The maximum Gasteiger partial charge on any atom is 0.120 e. The largest absolute Gasteiger partial charge is 0.494 e. The van der Waals surface area contributed by atoms with Gasteiger partial charge in [-0.2, -0.15) is 0 Å². The van der Waals surface area contributed by atoms with Crippen molar-refractivity contribution in [3.8, 4) is 5.75 Å². The van der Waals surface area contributed by atoms with Crippen molar-refractivity contribution >= 4 is 39.1 Å². The fourth-order valence-corrected chi connectivity index (χ4v) is 3.14. The van der Waals surface area contributed by atoms with Crippen molar-refractivity contribution in [1.82, 2.24) is 0 Å². The highest BCUT2D eigenvalue weighted by Gasteiger charge is 2.15. The molecule has 2 aromatic carbocycles. The Kier molecular flexibility index (Phi) is 5.36. The molecular weight excluding hydrogens is 359 g/mol. The highest BCUT2D eigenvalue weighted by molar-refractivity contribution is 9.10. The summed E-state index contributed by atoms with van der Waals surface area (Å²) >= 11 is 16.2. The third kappa shape index (κ3) is 3.49. The topological polar surface area (TPSA) is 9.23 Å². The van der Waals surface area contributed by atoms with Crippen LogP contribution in [0.4, 0.5) is 0 Å². The van der Waals surface area contributed by atoms with Gasteiger partial charge >= 0.3 is 0 Å². The lowest BCUT2D eigenvalue weighted by atomic mass is 10.0. The van der Waals surface area contributed by atoms with Gasteiger partial charge in [0.15, 0.2) is 0 Å². The van der Waals surface area contributed by atoms with Crippen LogP contribution in [-0.2, 0) is 0 Å². The maximum absolute atomic E-state index is 6.58. The summed E-state index contributed by atoms with van der Waals surface area (Å²) in [5.74, 6) is 0.833. The first-order valence-electron chi connectivity index (χ1n) is 6.35. The van der Waals surface area contributed by atoms with Gasteiger partial charge in [0.2, 0.25) is 0 Å². The van der Waals surface area contributed by atoms with Crippen molar-refractivity contribution in [3.05, 3.63) is 62.6 Å². The molecule has 4 heteroatoms. The zero-order valence-electron chi connectivity index (χ0n) is 11.3. The van der Waals surface area contributed by atoms with Crippen molar-refractivity contribution in [2.75, 3.05) is 6.61 Å². The van der Waals surface area contributed by atoms with E-state index in [4.69, 9.17) is 27.9 Å². The number of hydrogen-bond acceptors (Lipinski definition) is 1. The summed E-state index contributed by atoms with van der Waals surface area (Å²) in [5.41, 5.74) is 3.06. The maximum atomic E-state index is 6.58. The van der Waals surface area contributed by atoms with E-state index in [1.54, 1.807) is 0 Å². The van der Waals surface area contributed by atoms with E-state index in [0.717, 1.165) is 31.9 Å². The van der Waals surface area contributed by atoms with Gasteiger partial charge in [0, 0.05) is 9.50 Å². The van der Waals surface area contributed by atoms with Crippen LogP contribution in [-0.4, -0.2) is 6.61 Å². The zero-order chi connectivity index (χ0) is 14.7. The van der Waals surface area contributed by atoms with Crippen molar-refractivity contribution in [2.24, 2.45) is 0 Å². The number of aryl methyl sites for hydroxylation is 1. The summed E-state index contributed by atoms with van der Waals surface area (Å²) in [6.45, 7) is 4.58. The fourth-order valence-electron chi connectivity index (χ4n) is 1.97. The smallest absolute Gasteiger partial charge is 0.120 e. The first-order valence-corrected chi connectivity index (χ1v) is 7.96. The molecule has 0 spiro atoms. The van der Waals surface area contributed by atoms with E-state index < -0.39 is 0 Å². The predicted octanol–water partition coefficient (Wildman–Crippen LogP) is 6.14. The van der Waals surface area contributed by atoms with Gasteiger partial charge in [-0.05, 0) is 48.7 Å². The summed E-state index contributed by atoms with van der Waals surface area (Å²) in [5, 5.41) is 0.527. The molecule has 2 rings (SSSR count). The minimum Gasteiger partial charge on any atom is -0.494 e. The quantitative estimate of drug-likeness (QED) is 0.585. The molecule has 0 aliphatic carbocycles. The Balaban J connectivity index is 2.32. The van der Waals surface area contributed by atoms with Crippen molar-refractivity contribution in [1.29, 1.82) is 0 Å². The van der Waals surface area contributed by atoms with Gasteiger partial charge in [-0.25, -0.2) is 0 Å². The van der Waals surface area contributed by atoms with Crippen molar-refractivity contribution in [3.63, 3.8) is 0 Å². The van der Waals surface area contributed by atoms with E-state index in [1.807, 2.05) is 50.2 Å². The minimum atomic E-state index is -0.226. The molecule has 0 saturated carbocycles. The van der Waals surface area contributed by atoms with E-state index in [2.05, 4.69) is 15.9 Å². The molecule has 1 unspecified atom stereocenters. The molecular formula is C16H15BrCl2O. The molecule has 0 aliphatic rings. The summed E-state index contributed by atoms with van der Waals surface area (Å²) < 4.78 is 6.41. The van der Waals surface area contributed by atoms with Crippen LogP contribution in [0.25, 0.3) is 0 Å². The van der Waals surface area contributed by atoms with E-state index in [9.17, 15) is 0 Å². The van der Waals surface area contributed by atoms with Crippen molar-refractivity contribution < 1.29 is 4.74 Å². The molecule has 106 valence electrons. The van der Waals surface area contributed by atoms with Crippen LogP contribution in [0.15, 0.2) is 40.9 Å². The van der Waals surface area contributed by atoms with Gasteiger partial charge in [-0.15, -0.1) is 11.6 Å². The van der Waals surface area contributed by atoms with Crippen LogP contribution in [0.3, 0.4) is 0 Å². The van der Waals surface area contributed by atoms with Crippen LogP contribution in [0.1, 0.15) is 29.0 Å². The molecule has 0 radical (unpaired) electrons. The molecule has 20 heavy (non-hydrogen) atoms. The number of hydrogen-bond donors (Lipinski definition) is 0. The average Bonchev–Trinajstić information content (AvgIpc) is 2.42. The monoisotopic (exact) mass is 372 g/mol. The van der Waals surface area contributed by atoms with Crippen LogP contribution >= 0.6 is 39.1 Å². The summed E-state index contributed by atoms with van der Waals surface area (Å²) in [6, 6.07) is 11.7. The summed E-state index contributed by atoms with van der Waals surface area (Å²) in [7, 11) is 0. The van der Waals surface area contributed by atoms with Crippen LogP contribution in [0.5, 0.6) is 5.75 Å². The molecule has 0 saturated heterocycles. The first-order chi connectivity index (χ1) is 9.52. The fraction of sp³-hybridized carbons (Fsp3) is 0.250. The number of alkyl halides is 1. The molecule has 0 amide bonds. The lowest BCUT2D eigenvalue weighted by molar-refractivity contribution is 0.340. The Hall–Kier alpha value is -0.700. The normalized spacial score (nSPS) is 12.2. The SMILES string of the molecule is CCOc1ccc(C(Cl)c2ccc(Cl)c(C)c2)c(Br)c1. The predicted molar refractivity (Wildman–Crippen MR) is 89.2 cm³/mol. The standard InChI is InChI=1S/C16H15BrCl2O/c1-3-20-12-5-6-13(14(17)9-12)16(19)11-4-7-15(18)10(2)8-11/h4-9,16H,3H2,1-2H3. The Morgan fingerprint density at radius 3 is 2.55 bits per heavy atom. The Labute approximate surface area is 138 Å². The zero-order valence-corrected chi connectivity index (χ0v) is 14.4. The molecule has 0 aliphatic heterocycles. The second kappa shape index (κ2) is 6.84. The van der Waals surface area contributed by atoms with Gasteiger partial charge in [0.05, 0.1) is 12.0 Å². The van der Waals surface area contributed by atoms with E-state index in [1.165, 1.54) is 0 Å². The Bertz CT molecular complexity index is 613. The molecule has 0 bridgehead atoms.